The number of hydrogen-bond acceptors (Lipinski definition) is 5. The smallest absolute Gasteiger partial charge is 0.319 e. The van der Waals surface area contributed by atoms with Gasteiger partial charge < -0.3 is 20.9 Å². The molecular formula is C15H19N5O2. The zero-order valence-electron chi connectivity index (χ0n) is 12.4. The highest BCUT2D eigenvalue weighted by atomic mass is 16.5. The van der Waals surface area contributed by atoms with Gasteiger partial charge in [-0.1, -0.05) is 23.4 Å². The minimum absolute atomic E-state index is 0.329. The summed E-state index contributed by atoms with van der Waals surface area (Å²) in [6.45, 7) is 1.78. The van der Waals surface area contributed by atoms with Crippen LogP contribution in [0.3, 0.4) is 0 Å². The second-order valence-electron chi connectivity index (χ2n) is 5.65. The van der Waals surface area contributed by atoms with Crippen LogP contribution in [0, 0.1) is 0 Å². The molecule has 2 amide bonds. The van der Waals surface area contributed by atoms with E-state index < -0.39 is 11.6 Å². The zero-order valence-corrected chi connectivity index (χ0v) is 12.4. The predicted molar refractivity (Wildman–Crippen MR) is 81.0 cm³/mol. The van der Waals surface area contributed by atoms with Gasteiger partial charge in [0.2, 0.25) is 5.89 Å². The number of amides is 2. The molecule has 22 heavy (non-hydrogen) atoms. The van der Waals surface area contributed by atoms with E-state index in [-0.39, 0.29) is 6.03 Å². The highest BCUT2D eigenvalue weighted by molar-refractivity contribution is 5.89. The van der Waals surface area contributed by atoms with Crippen molar-refractivity contribution in [1.29, 1.82) is 0 Å². The molecule has 7 nitrogen and oxygen atoms in total. The van der Waals surface area contributed by atoms with Gasteiger partial charge in [0.05, 0.1) is 5.54 Å². The number of urea groups is 1. The van der Waals surface area contributed by atoms with Crippen molar-refractivity contribution in [2.45, 2.75) is 37.8 Å². The van der Waals surface area contributed by atoms with Gasteiger partial charge in [-0.2, -0.15) is 4.98 Å². The lowest BCUT2D eigenvalue weighted by atomic mass is 9.77. The SMILES string of the molecule is CC(NC(=O)Nc1ccccc1)c1nc(C2(N)CCC2)no1. The van der Waals surface area contributed by atoms with Gasteiger partial charge in [0, 0.05) is 5.69 Å². The minimum atomic E-state index is -0.465. The molecule has 4 N–H and O–H groups in total. The summed E-state index contributed by atoms with van der Waals surface area (Å²) in [5, 5.41) is 9.44. The first-order valence-electron chi connectivity index (χ1n) is 7.32. The molecule has 1 atom stereocenters. The molecule has 1 heterocycles. The number of nitrogens with two attached hydrogens (primary N) is 1. The maximum Gasteiger partial charge on any atom is 0.319 e. The molecule has 1 saturated carbocycles. The number of para-hydroxylation sites is 1. The van der Waals surface area contributed by atoms with E-state index >= 15 is 0 Å². The summed E-state index contributed by atoms with van der Waals surface area (Å²) < 4.78 is 5.22. The van der Waals surface area contributed by atoms with Crippen LogP contribution in [-0.4, -0.2) is 16.2 Å². The summed E-state index contributed by atoms with van der Waals surface area (Å²) in [7, 11) is 0. The van der Waals surface area contributed by atoms with Crippen LogP contribution in [-0.2, 0) is 5.54 Å². The van der Waals surface area contributed by atoms with E-state index in [9.17, 15) is 4.79 Å². The normalized spacial score (nSPS) is 17.4. The first-order valence-corrected chi connectivity index (χ1v) is 7.32. The van der Waals surface area contributed by atoms with Crippen LogP contribution in [0.5, 0.6) is 0 Å². The van der Waals surface area contributed by atoms with Gasteiger partial charge in [-0.3, -0.25) is 0 Å². The number of hydrogen-bond donors (Lipinski definition) is 3. The lowest BCUT2D eigenvalue weighted by Gasteiger charge is -2.34. The number of benzene rings is 1. The van der Waals surface area contributed by atoms with Crippen molar-refractivity contribution in [2.24, 2.45) is 5.73 Å². The Labute approximate surface area is 128 Å². The van der Waals surface area contributed by atoms with Gasteiger partial charge in [0.25, 0.3) is 0 Å². The Bertz CT molecular complexity index is 651. The summed E-state index contributed by atoms with van der Waals surface area (Å²) in [4.78, 5) is 16.2. The van der Waals surface area contributed by atoms with E-state index in [2.05, 4.69) is 20.8 Å². The molecule has 0 aliphatic heterocycles. The maximum atomic E-state index is 11.9. The minimum Gasteiger partial charge on any atom is -0.337 e. The number of nitrogens with zero attached hydrogens (tertiary/aromatic N) is 2. The van der Waals surface area contributed by atoms with Gasteiger partial charge in [-0.15, -0.1) is 0 Å². The Morgan fingerprint density at radius 3 is 2.73 bits per heavy atom. The Morgan fingerprint density at radius 2 is 2.09 bits per heavy atom. The highest BCUT2D eigenvalue weighted by Crippen LogP contribution is 2.37. The molecule has 1 aromatic carbocycles. The summed E-state index contributed by atoms with van der Waals surface area (Å²) in [5.41, 5.74) is 6.41. The van der Waals surface area contributed by atoms with Crippen molar-refractivity contribution in [2.75, 3.05) is 5.32 Å². The summed E-state index contributed by atoms with van der Waals surface area (Å²) in [6, 6.07) is 8.48. The summed E-state index contributed by atoms with van der Waals surface area (Å²) in [6.07, 6.45) is 2.80. The molecule has 0 saturated heterocycles. The molecule has 1 aromatic heterocycles. The number of carbonyl (C=O) groups excluding carboxylic acids is 1. The van der Waals surface area contributed by atoms with Crippen LogP contribution in [0.15, 0.2) is 34.9 Å². The van der Waals surface area contributed by atoms with Crippen molar-refractivity contribution in [3.05, 3.63) is 42.0 Å². The van der Waals surface area contributed by atoms with Crippen LogP contribution >= 0.6 is 0 Å². The summed E-state index contributed by atoms with van der Waals surface area (Å²) in [5.74, 6) is 0.876. The lowest BCUT2D eigenvalue weighted by Crippen LogP contribution is -2.44. The van der Waals surface area contributed by atoms with E-state index in [4.69, 9.17) is 10.3 Å². The third-order valence-corrected chi connectivity index (χ3v) is 3.88. The largest absolute Gasteiger partial charge is 0.337 e. The van der Waals surface area contributed by atoms with E-state index in [0.29, 0.717) is 17.4 Å². The van der Waals surface area contributed by atoms with Crippen molar-refractivity contribution in [3.8, 4) is 0 Å². The van der Waals surface area contributed by atoms with Crippen molar-refractivity contribution in [3.63, 3.8) is 0 Å². The molecule has 1 aliphatic carbocycles. The third-order valence-electron chi connectivity index (χ3n) is 3.88. The molecule has 1 unspecified atom stereocenters. The standard InChI is InChI=1S/C15H19N5O2/c1-10(17-14(21)18-11-6-3-2-4-7-11)12-19-13(20-22-12)15(16)8-5-9-15/h2-4,6-7,10H,5,8-9,16H2,1H3,(H2,17,18,21). The van der Waals surface area contributed by atoms with Crippen LogP contribution in [0.4, 0.5) is 10.5 Å². The van der Waals surface area contributed by atoms with E-state index in [1.807, 2.05) is 30.3 Å². The molecule has 116 valence electrons. The van der Waals surface area contributed by atoms with Crippen molar-refractivity contribution < 1.29 is 9.32 Å². The molecule has 2 aromatic rings. The average Bonchev–Trinajstić information content (AvgIpc) is 2.96. The average molecular weight is 301 g/mol. The Balaban J connectivity index is 1.60. The fourth-order valence-corrected chi connectivity index (χ4v) is 2.34. The number of anilines is 1. The van der Waals surface area contributed by atoms with Crippen LogP contribution in [0.1, 0.15) is 43.9 Å². The van der Waals surface area contributed by atoms with E-state index in [1.165, 1.54) is 0 Å². The van der Waals surface area contributed by atoms with Gasteiger partial charge in [-0.25, -0.2) is 4.79 Å². The number of nitrogens with one attached hydrogen (secondary N) is 2. The van der Waals surface area contributed by atoms with Crippen LogP contribution in [0.2, 0.25) is 0 Å². The molecule has 7 heteroatoms. The van der Waals surface area contributed by atoms with Crippen LogP contribution in [0.25, 0.3) is 0 Å². The zero-order chi connectivity index (χ0) is 15.6. The lowest BCUT2D eigenvalue weighted by molar-refractivity contribution is 0.227. The molecule has 1 aliphatic rings. The molecule has 0 radical (unpaired) electrons. The van der Waals surface area contributed by atoms with Crippen molar-refractivity contribution >= 4 is 11.7 Å². The Kier molecular flexibility index (Phi) is 3.81. The first kappa shape index (κ1) is 14.5. The maximum absolute atomic E-state index is 11.9. The third kappa shape index (κ3) is 2.94. The molecule has 0 bridgehead atoms. The van der Waals surface area contributed by atoms with Gasteiger partial charge in [-0.05, 0) is 38.3 Å². The fourth-order valence-electron chi connectivity index (χ4n) is 2.34. The van der Waals surface area contributed by atoms with E-state index in [0.717, 1.165) is 19.3 Å². The number of carbonyl (C=O) groups is 1. The van der Waals surface area contributed by atoms with E-state index in [1.54, 1.807) is 6.92 Å². The molecule has 3 rings (SSSR count). The second kappa shape index (κ2) is 5.76. The second-order valence-corrected chi connectivity index (χ2v) is 5.65. The Hall–Kier alpha value is -2.41. The number of aromatic nitrogens is 2. The first-order chi connectivity index (χ1) is 10.6. The van der Waals surface area contributed by atoms with Crippen LogP contribution < -0.4 is 16.4 Å². The molecule has 1 fully saturated rings. The van der Waals surface area contributed by atoms with Crippen molar-refractivity contribution in [1.82, 2.24) is 15.5 Å². The quantitative estimate of drug-likeness (QED) is 0.803. The molecule has 0 spiro atoms. The topological polar surface area (TPSA) is 106 Å². The van der Waals surface area contributed by atoms with Gasteiger partial charge in [0.1, 0.15) is 6.04 Å². The monoisotopic (exact) mass is 301 g/mol. The number of rotatable bonds is 4. The fraction of sp³-hybridized carbons (Fsp3) is 0.400. The van der Waals surface area contributed by atoms with Gasteiger partial charge >= 0.3 is 6.03 Å². The highest BCUT2D eigenvalue weighted by Gasteiger charge is 2.39. The van der Waals surface area contributed by atoms with Gasteiger partial charge in [0.15, 0.2) is 5.82 Å². The molecular weight excluding hydrogens is 282 g/mol. The Morgan fingerprint density at radius 1 is 1.36 bits per heavy atom. The predicted octanol–water partition coefficient (Wildman–Crippen LogP) is 2.29. The summed E-state index contributed by atoms with van der Waals surface area (Å²) >= 11 is 0.